The zero-order valence-electron chi connectivity index (χ0n) is 8.14. The monoisotopic (exact) mass is 227 g/mol. The van der Waals surface area contributed by atoms with E-state index in [1.54, 1.807) is 6.20 Å². The minimum atomic E-state index is -0.402. The number of amides is 1. The number of hydrogen-bond donors (Lipinski definition) is 3. The van der Waals surface area contributed by atoms with E-state index in [2.05, 4.69) is 15.6 Å². The molecule has 1 amide bonds. The molecule has 2 atom stereocenters. The third-order valence-corrected chi connectivity index (χ3v) is 3.10. The summed E-state index contributed by atoms with van der Waals surface area (Å²) in [6.45, 7) is 0.958. The zero-order chi connectivity index (χ0) is 10.7. The van der Waals surface area contributed by atoms with Crippen molar-refractivity contribution in [3.05, 3.63) is 16.6 Å². The summed E-state index contributed by atoms with van der Waals surface area (Å²) in [5, 5.41) is 17.8. The quantitative estimate of drug-likeness (QED) is 0.650. The van der Waals surface area contributed by atoms with E-state index >= 15 is 0 Å². The van der Waals surface area contributed by atoms with E-state index in [0.29, 0.717) is 19.5 Å². The first-order valence-electron chi connectivity index (χ1n) is 4.83. The minimum Gasteiger partial charge on any atom is -0.392 e. The smallest absolute Gasteiger partial charge is 0.237 e. The molecular formula is C9H13N3O2S. The Hall–Kier alpha value is -0.980. The molecule has 0 aromatic carbocycles. The van der Waals surface area contributed by atoms with E-state index in [1.165, 1.54) is 11.3 Å². The molecule has 2 unspecified atom stereocenters. The summed E-state index contributed by atoms with van der Waals surface area (Å²) < 4.78 is 0. The third-order valence-electron chi connectivity index (χ3n) is 2.32. The van der Waals surface area contributed by atoms with Gasteiger partial charge in [0.05, 0.1) is 18.7 Å². The molecule has 0 bridgehead atoms. The second kappa shape index (κ2) is 4.69. The third kappa shape index (κ3) is 2.74. The number of aliphatic hydroxyl groups is 1. The number of carbonyl (C=O) groups is 1. The normalized spacial score (nSPS) is 25.4. The molecule has 0 radical (unpaired) electrons. The lowest BCUT2D eigenvalue weighted by molar-refractivity contribution is -0.123. The molecule has 82 valence electrons. The molecular weight excluding hydrogens is 214 g/mol. The number of carbonyl (C=O) groups excluding carboxylic acids is 1. The van der Waals surface area contributed by atoms with Gasteiger partial charge in [-0.25, -0.2) is 4.98 Å². The maximum absolute atomic E-state index is 11.6. The summed E-state index contributed by atoms with van der Waals surface area (Å²) in [6, 6.07) is -0.264. The SMILES string of the molecule is O=C(NCc1nccs1)C1CC(O)CN1. The topological polar surface area (TPSA) is 74.2 Å². The molecule has 15 heavy (non-hydrogen) atoms. The van der Waals surface area contributed by atoms with Gasteiger partial charge in [-0.05, 0) is 6.42 Å². The van der Waals surface area contributed by atoms with Crippen molar-refractivity contribution in [1.29, 1.82) is 0 Å². The van der Waals surface area contributed by atoms with E-state index in [4.69, 9.17) is 0 Å². The van der Waals surface area contributed by atoms with Gasteiger partial charge < -0.3 is 15.7 Å². The van der Waals surface area contributed by atoms with Crippen molar-refractivity contribution in [3.8, 4) is 0 Å². The van der Waals surface area contributed by atoms with Crippen LogP contribution in [0.1, 0.15) is 11.4 Å². The van der Waals surface area contributed by atoms with E-state index < -0.39 is 6.10 Å². The average Bonchev–Trinajstić information content (AvgIpc) is 2.84. The molecule has 5 nitrogen and oxygen atoms in total. The van der Waals surface area contributed by atoms with E-state index in [9.17, 15) is 9.90 Å². The molecule has 1 aromatic heterocycles. The van der Waals surface area contributed by atoms with Gasteiger partial charge >= 0.3 is 0 Å². The van der Waals surface area contributed by atoms with Crippen LogP contribution in [0.15, 0.2) is 11.6 Å². The standard InChI is InChI=1S/C9H13N3O2S/c13-6-3-7(11-4-6)9(14)12-5-8-10-1-2-15-8/h1-2,6-7,11,13H,3-5H2,(H,12,14). The lowest BCUT2D eigenvalue weighted by atomic mass is 10.2. The fourth-order valence-electron chi connectivity index (χ4n) is 1.54. The van der Waals surface area contributed by atoms with Crippen LogP contribution in [0.3, 0.4) is 0 Å². The Balaban J connectivity index is 1.78. The second-order valence-electron chi connectivity index (χ2n) is 3.49. The van der Waals surface area contributed by atoms with Crippen molar-refractivity contribution in [2.45, 2.75) is 25.1 Å². The maximum atomic E-state index is 11.6. The van der Waals surface area contributed by atoms with Crippen LogP contribution in [0.4, 0.5) is 0 Å². The van der Waals surface area contributed by atoms with E-state index in [0.717, 1.165) is 5.01 Å². The number of β-amino-alcohol motifs (C(OH)–C–C–N with tert-alkyl or cyclic N) is 1. The molecule has 1 aliphatic heterocycles. The Kier molecular flexibility index (Phi) is 3.30. The van der Waals surface area contributed by atoms with Gasteiger partial charge in [0, 0.05) is 18.1 Å². The van der Waals surface area contributed by atoms with Gasteiger partial charge in [0.15, 0.2) is 0 Å². The Morgan fingerprint density at radius 2 is 2.67 bits per heavy atom. The molecule has 6 heteroatoms. The van der Waals surface area contributed by atoms with Crippen LogP contribution < -0.4 is 10.6 Å². The number of aliphatic hydroxyl groups excluding tert-OH is 1. The molecule has 0 spiro atoms. The van der Waals surface area contributed by atoms with Crippen LogP contribution >= 0.6 is 11.3 Å². The predicted octanol–water partition coefficient (Wildman–Crippen LogP) is -0.518. The fraction of sp³-hybridized carbons (Fsp3) is 0.556. The van der Waals surface area contributed by atoms with Crippen molar-refractivity contribution in [2.24, 2.45) is 0 Å². The highest BCUT2D eigenvalue weighted by molar-refractivity contribution is 7.09. The molecule has 2 rings (SSSR count). The number of aromatic nitrogens is 1. The van der Waals surface area contributed by atoms with Crippen molar-refractivity contribution < 1.29 is 9.90 Å². The second-order valence-corrected chi connectivity index (χ2v) is 4.47. The van der Waals surface area contributed by atoms with Gasteiger partial charge in [0.2, 0.25) is 5.91 Å². The number of thiazole rings is 1. The summed E-state index contributed by atoms with van der Waals surface area (Å²) in [6.07, 6.45) is 1.80. The Bertz CT molecular complexity index is 328. The van der Waals surface area contributed by atoms with E-state index in [-0.39, 0.29) is 11.9 Å². The highest BCUT2D eigenvalue weighted by atomic mass is 32.1. The molecule has 0 saturated carbocycles. The number of nitrogens with zero attached hydrogens (tertiary/aromatic N) is 1. The van der Waals surface area contributed by atoms with Crippen LogP contribution in [0.2, 0.25) is 0 Å². The average molecular weight is 227 g/mol. The molecule has 1 fully saturated rings. The Labute approximate surface area is 91.5 Å². The molecule has 1 aliphatic rings. The van der Waals surface area contributed by atoms with Gasteiger partial charge in [0.25, 0.3) is 0 Å². The van der Waals surface area contributed by atoms with Crippen molar-refractivity contribution >= 4 is 17.2 Å². The van der Waals surface area contributed by atoms with Crippen LogP contribution in [-0.4, -0.2) is 34.7 Å². The Morgan fingerprint density at radius 3 is 3.27 bits per heavy atom. The molecule has 0 aliphatic carbocycles. The summed E-state index contributed by atoms with van der Waals surface area (Å²) in [5.74, 6) is -0.0678. The summed E-state index contributed by atoms with van der Waals surface area (Å²) in [7, 11) is 0. The van der Waals surface area contributed by atoms with Crippen LogP contribution in [-0.2, 0) is 11.3 Å². The molecule has 3 N–H and O–H groups in total. The zero-order valence-corrected chi connectivity index (χ0v) is 8.96. The van der Waals surface area contributed by atoms with E-state index in [1.807, 2.05) is 5.38 Å². The maximum Gasteiger partial charge on any atom is 0.237 e. The van der Waals surface area contributed by atoms with Gasteiger partial charge in [-0.15, -0.1) is 11.3 Å². The molecule has 1 saturated heterocycles. The van der Waals surface area contributed by atoms with Gasteiger partial charge in [-0.3, -0.25) is 4.79 Å². The molecule has 2 heterocycles. The number of nitrogens with one attached hydrogen (secondary N) is 2. The Morgan fingerprint density at radius 1 is 1.80 bits per heavy atom. The van der Waals surface area contributed by atoms with Crippen molar-refractivity contribution in [3.63, 3.8) is 0 Å². The first-order valence-corrected chi connectivity index (χ1v) is 5.71. The van der Waals surface area contributed by atoms with Crippen molar-refractivity contribution in [2.75, 3.05) is 6.54 Å². The summed E-state index contributed by atoms with van der Waals surface area (Å²) >= 11 is 1.51. The fourth-order valence-corrected chi connectivity index (χ4v) is 2.10. The minimum absolute atomic E-state index is 0.0678. The van der Waals surface area contributed by atoms with Crippen molar-refractivity contribution in [1.82, 2.24) is 15.6 Å². The van der Waals surface area contributed by atoms with Gasteiger partial charge in [-0.1, -0.05) is 0 Å². The van der Waals surface area contributed by atoms with Crippen LogP contribution in [0.25, 0.3) is 0 Å². The van der Waals surface area contributed by atoms with Gasteiger partial charge in [0.1, 0.15) is 5.01 Å². The summed E-state index contributed by atoms with van der Waals surface area (Å²) in [4.78, 5) is 15.6. The predicted molar refractivity (Wildman–Crippen MR) is 56.4 cm³/mol. The van der Waals surface area contributed by atoms with Gasteiger partial charge in [-0.2, -0.15) is 0 Å². The lowest BCUT2D eigenvalue weighted by Crippen LogP contribution is -2.39. The number of rotatable bonds is 3. The highest BCUT2D eigenvalue weighted by Crippen LogP contribution is 2.07. The lowest BCUT2D eigenvalue weighted by Gasteiger charge is -2.09. The van der Waals surface area contributed by atoms with Crippen LogP contribution in [0.5, 0.6) is 0 Å². The highest BCUT2D eigenvalue weighted by Gasteiger charge is 2.27. The number of hydrogen-bond acceptors (Lipinski definition) is 5. The molecule has 1 aromatic rings. The first-order chi connectivity index (χ1) is 7.25. The largest absolute Gasteiger partial charge is 0.392 e. The summed E-state index contributed by atoms with van der Waals surface area (Å²) in [5.41, 5.74) is 0. The first kappa shape index (κ1) is 10.5. The van der Waals surface area contributed by atoms with Crippen LogP contribution in [0, 0.1) is 0 Å².